The summed E-state index contributed by atoms with van der Waals surface area (Å²) in [6, 6.07) is 14.1. The lowest BCUT2D eigenvalue weighted by Gasteiger charge is -2.08. The van der Waals surface area contributed by atoms with Gasteiger partial charge < -0.3 is 15.2 Å². The van der Waals surface area contributed by atoms with E-state index in [9.17, 15) is 9.59 Å². The maximum Gasteiger partial charge on any atom is 0.335 e. The Morgan fingerprint density at radius 2 is 1.83 bits per heavy atom. The van der Waals surface area contributed by atoms with Gasteiger partial charge in [-0.15, -0.1) is 0 Å². The molecule has 2 atom stereocenters. The molecular weight excluding hydrogens is 294 g/mol. The van der Waals surface area contributed by atoms with Crippen LogP contribution in [0.5, 0.6) is 0 Å². The van der Waals surface area contributed by atoms with Gasteiger partial charge >= 0.3 is 5.97 Å². The molecule has 1 aliphatic rings. The Hall–Kier alpha value is -2.66. The van der Waals surface area contributed by atoms with E-state index >= 15 is 0 Å². The quantitative estimate of drug-likeness (QED) is 0.890. The smallest absolute Gasteiger partial charge is 0.335 e. The minimum absolute atomic E-state index is 0.0189. The number of amides is 1. The van der Waals surface area contributed by atoms with E-state index in [0.717, 1.165) is 17.5 Å². The Labute approximate surface area is 133 Å². The Morgan fingerprint density at radius 3 is 2.48 bits per heavy atom. The van der Waals surface area contributed by atoms with Crippen LogP contribution in [0.1, 0.15) is 16.8 Å². The molecule has 3 rings (SSSR count). The number of ether oxygens (including phenoxy) is 1. The standard InChI is InChI=1S/C18H17NO4/c1-23-16-10-15(16)17(20)19-14-7-3-5-12(9-14)11-4-2-6-13(8-11)18(21)22/h2-9,15-16H,10H2,1H3,(H,19,20)(H,21,22)/t15-,16-/m1/s1. The van der Waals surface area contributed by atoms with Gasteiger partial charge in [0.1, 0.15) is 0 Å². The molecule has 5 heteroatoms. The number of benzene rings is 2. The normalized spacial score (nSPS) is 19.2. The topological polar surface area (TPSA) is 75.6 Å². The van der Waals surface area contributed by atoms with E-state index in [1.165, 1.54) is 0 Å². The average molecular weight is 311 g/mol. The van der Waals surface area contributed by atoms with Crippen LogP contribution in [0.3, 0.4) is 0 Å². The first kappa shape index (κ1) is 15.2. The molecular formula is C18H17NO4. The molecule has 0 unspecified atom stereocenters. The third kappa shape index (κ3) is 3.40. The number of carbonyl (C=O) groups is 2. The lowest BCUT2D eigenvalue weighted by atomic mass is 10.0. The third-order valence-electron chi connectivity index (χ3n) is 3.94. The zero-order valence-corrected chi connectivity index (χ0v) is 12.7. The molecule has 1 amide bonds. The first-order chi connectivity index (χ1) is 11.1. The molecule has 23 heavy (non-hydrogen) atoms. The largest absolute Gasteiger partial charge is 0.478 e. The van der Waals surface area contributed by atoms with Crippen molar-refractivity contribution in [3.05, 3.63) is 54.1 Å². The Bertz CT molecular complexity index is 756. The predicted molar refractivity (Wildman–Crippen MR) is 86.4 cm³/mol. The molecule has 5 nitrogen and oxygen atoms in total. The van der Waals surface area contributed by atoms with Crippen molar-refractivity contribution >= 4 is 17.6 Å². The number of rotatable bonds is 5. The number of anilines is 1. The fourth-order valence-electron chi connectivity index (χ4n) is 2.55. The first-order valence-corrected chi connectivity index (χ1v) is 7.36. The van der Waals surface area contributed by atoms with Crippen LogP contribution in [0.25, 0.3) is 11.1 Å². The van der Waals surface area contributed by atoms with E-state index in [1.807, 2.05) is 30.3 Å². The number of hydrogen-bond donors (Lipinski definition) is 2. The predicted octanol–water partition coefficient (Wildman–Crippen LogP) is 3.03. The first-order valence-electron chi connectivity index (χ1n) is 7.36. The monoisotopic (exact) mass is 311 g/mol. The molecule has 0 aliphatic heterocycles. The molecule has 0 heterocycles. The van der Waals surface area contributed by atoms with Gasteiger partial charge in [0.15, 0.2) is 0 Å². The second-order valence-corrected chi connectivity index (χ2v) is 5.57. The Morgan fingerprint density at radius 1 is 1.13 bits per heavy atom. The summed E-state index contributed by atoms with van der Waals surface area (Å²) in [5.74, 6) is -1.09. The van der Waals surface area contributed by atoms with Crippen molar-refractivity contribution in [1.82, 2.24) is 0 Å². The lowest BCUT2D eigenvalue weighted by molar-refractivity contribution is -0.118. The van der Waals surface area contributed by atoms with Gasteiger partial charge in [0.05, 0.1) is 17.6 Å². The van der Waals surface area contributed by atoms with Crippen LogP contribution >= 0.6 is 0 Å². The van der Waals surface area contributed by atoms with Gasteiger partial charge in [-0.2, -0.15) is 0 Å². The number of aromatic carboxylic acids is 1. The van der Waals surface area contributed by atoms with Crippen LogP contribution in [-0.4, -0.2) is 30.2 Å². The molecule has 2 N–H and O–H groups in total. The molecule has 0 spiro atoms. The highest BCUT2D eigenvalue weighted by Gasteiger charge is 2.43. The van der Waals surface area contributed by atoms with Crippen LogP contribution in [-0.2, 0) is 9.53 Å². The average Bonchev–Trinajstić information content (AvgIpc) is 3.35. The summed E-state index contributed by atoms with van der Waals surface area (Å²) in [6.07, 6.45) is 0.772. The molecule has 0 saturated heterocycles. The van der Waals surface area contributed by atoms with Crippen molar-refractivity contribution in [3.63, 3.8) is 0 Å². The number of carboxylic acids is 1. The van der Waals surface area contributed by atoms with Crippen molar-refractivity contribution < 1.29 is 19.4 Å². The number of carboxylic acid groups (broad SMARTS) is 1. The SMILES string of the molecule is CO[C@@H]1C[C@H]1C(=O)Nc1cccc(-c2cccc(C(=O)O)c2)c1. The zero-order valence-electron chi connectivity index (χ0n) is 12.7. The zero-order chi connectivity index (χ0) is 16.4. The van der Waals surface area contributed by atoms with Gasteiger partial charge in [-0.05, 0) is 41.8 Å². The fourth-order valence-corrected chi connectivity index (χ4v) is 2.55. The van der Waals surface area contributed by atoms with Gasteiger partial charge in [0.2, 0.25) is 5.91 Å². The van der Waals surface area contributed by atoms with Crippen molar-refractivity contribution in [1.29, 1.82) is 0 Å². The maximum atomic E-state index is 12.1. The highest BCUT2D eigenvalue weighted by molar-refractivity contribution is 5.95. The third-order valence-corrected chi connectivity index (χ3v) is 3.94. The lowest BCUT2D eigenvalue weighted by Crippen LogP contribution is -2.16. The number of methoxy groups -OCH3 is 1. The summed E-state index contributed by atoms with van der Waals surface area (Å²) >= 11 is 0. The number of nitrogens with one attached hydrogen (secondary N) is 1. The Balaban J connectivity index is 1.79. The summed E-state index contributed by atoms with van der Waals surface area (Å²) in [6.45, 7) is 0. The summed E-state index contributed by atoms with van der Waals surface area (Å²) in [7, 11) is 1.61. The van der Waals surface area contributed by atoms with Crippen molar-refractivity contribution in [2.45, 2.75) is 12.5 Å². The van der Waals surface area contributed by atoms with Gasteiger partial charge in [-0.1, -0.05) is 24.3 Å². The molecule has 2 aromatic carbocycles. The van der Waals surface area contributed by atoms with E-state index in [0.29, 0.717) is 5.69 Å². The summed E-state index contributed by atoms with van der Waals surface area (Å²) in [5.41, 5.74) is 2.57. The highest BCUT2D eigenvalue weighted by Crippen LogP contribution is 2.34. The van der Waals surface area contributed by atoms with E-state index in [2.05, 4.69) is 5.32 Å². The van der Waals surface area contributed by atoms with E-state index in [1.54, 1.807) is 25.3 Å². The van der Waals surface area contributed by atoms with Gasteiger partial charge in [0, 0.05) is 12.8 Å². The molecule has 2 aromatic rings. The van der Waals surface area contributed by atoms with Crippen molar-refractivity contribution in [3.8, 4) is 11.1 Å². The molecule has 1 aliphatic carbocycles. The van der Waals surface area contributed by atoms with Crippen LogP contribution in [0.2, 0.25) is 0 Å². The Kier molecular flexibility index (Phi) is 4.12. The van der Waals surface area contributed by atoms with Crippen LogP contribution in [0, 0.1) is 5.92 Å². The molecule has 1 saturated carbocycles. The summed E-state index contributed by atoms with van der Waals surface area (Å²) < 4.78 is 5.14. The van der Waals surface area contributed by atoms with Gasteiger partial charge in [0.25, 0.3) is 0 Å². The number of hydrogen-bond acceptors (Lipinski definition) is 3. The molecule has 1 fully saturated rings. The molecule has 0 aromatic heterocycles. The van der Waals surface area contributed by atoms with E-state index in [-0.39, 0.29) is 23.5 Å². The summed E-state index contributed by atoms with van der Waals surface area (Å²) in [4.78, 5) is 23.1. The molecule has 118 valence electrons. The van der Waals surface area contributed by atoms with Gasteiger partial charge in [-0.3, -0.25) is 4.79 Å². The van der Waals surface area contributed by atoms with E-state index in [4.69, 9.17) is 9.84 Å². The van der Waals surface area contributed by atoms with Crippen molar-refractivity contribution in [2.24, 2.45) is 5.92 Å². The minimum atomic E-state index is -0.962. The molecule has 0 bridgehead atoms. The summed E-state index contributed by atoms with van der Waals surface area (Å²) in [5, 5.41) is 12.0. The van der Waals surface area contributed by atoms with Crippen molar-refractivity contribution in [2.75, 3.05) is 12.4 Å². The van der Waals surface area contributed by atoms with Crippen LogP contribution in [0.15, 0.2) is 48.5 Å². The minimum Gasteiger partial charge on any atom is -0.478 e. The van der Waals surface area contributed by atoms with Crippen LogP contribution in [0.4, 0.5) is 5.69 Å². The second kappa shape index (κ2) is 6.22. The van der Waals surface area contributed by atoms with Crippen LogP contribution < -0.4 is 5.32 Å². The fraction of sp³-hybridized carbons (Fsp3) is 0.222. The molecule has 0 radical (unpaired) electrons. The number of carbonyl (C=O) groups excluding carboxylic acids is 1. The second-order valence-electron chi connectivity index (χ2n) is 5.57. The maximum absolute atomic E-state index is 12.1. The van der Waals surface area contributed by atoms with E-state index < -0.39 is 5.97 Å². The highest BCUT2D eigenvalue weighted by atomic mass is 16.5. The van der Waals surface area contributed by atoms with Gasteiger partial charge in [-0.25, -0.2) is 4.79 Å².